The second kappa shape index (κ2) is 6.76. The first-order valence-electron chi connectivity index (χ1n) is 6.29. The zero-order valence-corrected chi connectivity index (χ0v) is 10.6. The largest absolute Gasteiger partial charge is 0.484 e. The molecule has 0 aliphatic carbocycles. The molecule has 1 aliphatic heterocycles. The monoisotopic (exact) mass is 260 g/mol. The molecule has 100 valence electrons. The van der Waals surface area contributed by atoms with Crippen LogP contribution >= 0.6 is 0 Å². The summed E-state index contributed by atoms with van der Waals surface area (Å²) in [7, 11) is 0. The van der Waals surface area contributed by atoms with Crippen LogP contribution in [0.25, 0.3) is 0 Å². The number of amides is 1. The lowest BCUT2D eigenvalue weighted by Gasteiger charge is -2.11. The number of ether oxygens (including phenoxy) is 2. The van der Waals surface area contributed by atoms with Crippen LogP contribution in [-0.4, -0.2) is 31.8 Å². The summed E-state index contributed by atoms with van der Waals surface area (Å²) in [5, 5.41) is 11.4. The molecule has 1 aliphatic rings. The molecule has 0 spiro atoms. The average molecular weight is 260 g/mol. The molecule has 1 atom stereocenters. The van der Waals surface area contributed by atoms with Crippen molar-refractivity contribution in [3.05, 3.63) is 29.8 Å². The number of carbonyl (C=O) groups excluding carboxylic acids is 1. The molecule has 0 radical (unpaired) electrons. The highest BCUT2D eigenvalue weighted by atomic mass is 16.5. The van der Waals surface area contributed by atoms with Gasteiger partial charge in [-0.25, -0.2) is 0 Å². The van der Waals surface area contributed by atoms with Crippen LogP contribution < -0.4 is 10.1 Å². The maximum absolute atomic E-state index is 11.6. The van der Waals surface area contributed by atoms with Crippen molar-refractivity contribution in [2.45, 2.75) is 18.9 Å². The summed E-state index contributed by atoms with van der Waals surface area (Å²) in [5.41, 5.74) is 0.565. The van der Waals surface area contributed by atoms with E-state index in [1.807, 2.05) is 6.07 Å². The Labute approximate surface area is 112 Å². The van der Waals surface area contributed by atoms with E-state index in [-0.39, 0.29) is 18.6 Å². The van der Waals surface area contributed by atoms with Crippen molar-refractivity contribution >= 4 is 5.91 Å². The molecule has 1 amide bonds. The third-order valence-corrected chi connectivity index (χ3v) is 2.90. The van der Waals surface area contributed by atoms with Crippen molar-refractivity contribution in [3.63, 3.8) is 0 Å². The topological polar surface area (TPSA) is 71.3 Å². The fourth-order valence-electron chi connectivity index (χ4n) is 1.86. The summed E-state index contributed by atoms with van der Waals surface area (Å²) in [6, 6.07) is 8.67. The number of nitriles is 1. The molecule has 0 unspecified atom stereocenters. The number of hydrogen-bond acceptors (Lipinski definition) is 4. The Hall–Kier alpha value is -2.06. The first-order valence-corrected chi connectivity index (χ1v) is 6.29. The van der Waals surface area contributed by atoms with Crippen LogP contribution in [0.3, 0.4) is 0 Å². The van der Waals surface area contributed by atoms with Gasteiger partial charge in [-0.05, 0) is 37.1 Å². The molecule has 19 heavy (non-hydrogen) atoms. The fraction of sp³-hybridized carbons (Fsp3) is 0.429. The quantitative estimate of drug-likeness (QED) is 0.864. The minimum Gasteiger partial charge on any atom is -0.484 e. The molecule has 0 bridgehead atoms. The zero-order chi connectivity index (χ0) is 13.5. The summed E-state index contributed by atoms with van der Waals surface area (Å²) in [4.78, 5) is 11.6. The molecule has 0 aromatic heterocycles. The van der Waals surface area contributed by atoms with Gasteiger partial charge in [0.1, 0.15) is 5.75 Å². The highest BCUT2D eigenvalue weighted by Crippen LogP contribution is 2.12. The lowest BCUT2D eigenvalue weighted by Crippen LogP contribution is -2.35. The van der Waals surface area contributed by atoms with Gasteiger partial charge < -0.3 is 14.8 Å². The molecule has 1 N–H and O–H groups in total. The molecule has 1 aromatic carbocycles. The van der Waals surface area contributed by atoms with Gasteiger partial charge in [0.15, 0.2) is 6.61 Å². The molecule has 1 fully saturated rings. The van der Waals surface area contributed by atoms with E-state index in [0.29, 0.717) is 17.9 Å². The van der Waals surface area contributed by atoms with Gasteiger partial charge in [-0.2, -0.15) is 5.26 Å². The van der Waals surface area contributed by atoms with Gasteiger partial charge in [0.25, 0.3) is 5.91 Å². The van der Waals surface area contributed by atoms with E-state index in [4.69, 9.17) is 14.7 Å². The first-order chi connectivity index (χ1) is 9.28. The number of nitrogens with one attached hydrogen (secondary N) is 1. The fourth-order valence-corrected chi connectivity index (χ4v) is 1.86. The third kappa shape index (κ3) is 4.27. The number of hydrogen-bond donors (Lipinski definition) is 1. The smallest absolute Gasteiger partial charge is 0.258 e. The first kappa shape index (κ1) is 13.4. The Bertz CT molecular complexity index is 459. The van der Waals surface area contributed by atoms with Crippen molar-refractivity contribution in [1.82, 2.24) is 5.32 Å². The highest BCUT2D eigenvalue weighted by molar-refractivity contribution is 5.77. The normalized spacial score (nSPS) is 17.7. The standard InChI is InChI=1S/C14H16N2O3/c15-8-11-3-5-12(6-4-11)19-10-14(17)16-9-13-2-1-7-18-13/h3-6,13H,1-2,7,9-10H2,(H,16,17)/t13-/m0/s1. The molecular weight excluding hydrogens is 244 g/mol. The van der Waals surface area contributed by atoms with E-state index in [2.05, 4.69) is 5.32 Å². The molecular formula is C14H16N2O3. The van der Waals surface area contributed by atoms with E-state index >= 15 is 0 Å². The molecule has 2 rings (SSSR count). The van der Waals surface area contributed by atoms with Gasteiger partial charge in [-0.1, -0.05) is 0 Å². The maximum Gasteiger partial charge on any atom is 0.258 e. The predicted octanol–water partition coefficient (Wildman–Crippen LogP) is 1.23. The zero-order valence-electron chi connectivity index (χ0n) is 10.6. The second-order valence-electron chi connectivity index (χ2n) is 4.36. The van der Waals surface area contributed by atoms with Crippen molar-refractivity contribution in [2.75, 3.05) is 19.8 Å². The van der Waals surface area contributed by atoms with Gasteiger partial charge in [0, 0.05) is 13.2 Å². The van der Waals surface area contributed by atoms with E-state index in [9.17, 15) is 4.79 Å². The van der Waals surface area contributed by atoms with Gasteiger partial charge in [0.05, 0.1) is 17.7 Å². The Morgan fingerprint density at radius 2 is 2.26 bits per heavy atom. The Morgan fingerprint density at radius 1 is 1.47 bits per heavy atom. The minimum atomic E-state index is -0.167. The number of benzene rings is 1. The van der Waals surface area contributed by atoms with E-state index in [1.54, 1.807) is 24.3 Å². The molecule has 0 saturated carbocycles. The van der Waals surface area contributed by atoms with Crippen molar-refractivity contribution < 1.29 is 14.3 Å². The van der Waals surface area contributed by atoms with Gasteiger partial charge >= 0.3 is 0 Å². The summed E-state index contributed by atoms with van der Waals surface area (Å²) in [6.45, 7) is 1.29. The van der Waals surface area contributed by atoms with Crippen molar-refractivity contribution in [3.8, 4) is 11.8 Å². The summed E-state index contributed by atoms with van der Waals surface area (Å²) >= 11 is 0. The molecule has 5 nitrogen and oxygen atoms in total. The van der Waals surface area contributed by atoms with Crippen LogP contribution in [0.5, 0.6) is 5.75 Å². The Balaban J connectivity index is 1.69. The SMILES string of the molecule is N#Cc1ccc(OCC(=O)NC[C@@H]2CCCO2)cc1. The average Bonchev–Trinajstić information content (AvgIpc) is 2.96. The van der Waals surface area contributed by atoms with Gasteiger partial charge in [0.2, 0.25) is 0 Å². The summed E-state index contributed by atoms with van der Waals surface area (Å²) in [6.07, 6.45) is 2.19. The lowest BCUT2D eigenvalue weighted by molar-refractivity contribution is -0.123. The van der Waals surface area contributed by atoms with Crippen LogP contribution in [-0.2, 0) is 9.53 Å². The number of rotatable bonds is 5. The highest BCUT2D eigenvalue weighted by Gasteiger charge is 2.16. The van der Waals surface area contributed by atoms with Crippen LogP contribution in [0.15, 0.2) is 24.3 Å². The molecule has 1 heterocycles. The Kier molecular flexibility index (Phi) is 4.76. The van der Waals surface area contributed by atoms with Crippen molar-refractivity contribution in [2.24, 2.45) is 0 Å². The summed E-state index contributed by atoms with van der Waals surface area (Å²) < 4.78 is 10.7. The number of carbonyl (C=O) groups is 1. The van der Waals surface area contributed by atoms with Crippen LogP contribution in [0.4, 0.5) is 0 Å². The van der Waals surface area contributed by atoms with Crippen molar-refractivity contribution in [1.29, 1.82) is 5.26 Å². The molecule has 1 aromatic rings. The van der Waals surface area contributed by atoms with Crippen LogP contribution in [0, 0.1) is 11.3 Å². The number of nitrogens with zero attached hydrogens (tertiary/aromatic N) is 1. The predicted molar refractivity (Wildman–Crippen MR) is 68.6 cm³/mol. The lowest BCUT2D eigenvalue weighted by atomic mass is 10.2. The maximum atomic E-state index is 11.6. The minimum absolute atomic E-state index is 0.0291. The Morgan fingerprint density at radius 3 is 2.89 bits per heavy atom. The van der Waals surface area contributed by atoms with E-state index in [1.165, 1.54) is 0 Å². The van der Waals surface area contributed by atoms with E-state index < -0.39 is 0 Å². The summed E-state index contributed by atoms with van der Waals surface area (Å²) in [5.74, 6) is 0.408. The third-order valence-electron chi connectivity index (χ3n) is 2.90. The van der Waals surface area contributed by atoms with Gasteiger partial charge in [-0.15, -0.1) is 0 Å². The van der Waals surface area contributed by atoms with Gasteiger partial charge in [-0.3, -0.25) is 4.79 Å². The molecule has 5 heteroatoms. The second-order valence-corrected chi connectivity index (χ2v) is 4.36. The van der Waals surface area contributed by atoms with E-state index in [0.717, 1.165) is 19.4 Å². The van der Waals surface area contributed by atoms with Crippen LogP contribution in [0.2, 0.25) is 0 Å². The molecule has 1 saturated heterocycles. The van der Waals surface area contributed by atoms with Crippen LogP contribution in [0.1, 0.15) is 18.4 Å².